The number of benzene rings is 1. The molecular weight excluding hydrogens is 398 g/mol. The quantitative estimate of drug-likeness (QED) is 0.532. The number of nitrogens with zero attached hydrogens (tertiary/aromatic N) is 6. The van der Waals surface area contributed by atoms with Crippen LogP contribution in [0.5, 0.6) is 0 Å². The highest BCUT2D eigenvalue weighted by atomic mass is 15.3. The first-order valence-corrected chi connectivity index (χ1v) is 11.4. The second kappa shape index (κ2) is 6.75. The van der Waals surface area contributed by atoms with Crippen LogP contribution in [0.25, 0.3) is 28.3 Å². The molecule has 2 aliphatic carbocycles. The minimum atomic E-state index is 0.174. The highest BCUT2D eigenvalue weighted by molar-refractivity contribution is 5.69. The Kier molecular flexibility index (Phi) is 3.82. The monoisotopic (exact) mass is 421 g/mol. The lowest BCUT2D eigenvalue weighted by atomic mass is 9.97. The Bertz CT molecular complexity index is 1380. The molecule has 0 bridgehead atoms. The molecule has 4 aromatic rings. The van der Waals surface area contributed by atoms with E-state index >= 15 is 0 Å². The van der Waals surface area contributed by atoms with Crippen LogP contribution in [0.1, 0.15) is 30.0 Å². The van der Waals surface area contributed by atoms with Crippen molar-refractivity contribution in [2.75, 3.05) is 6.54 Å². The number of hydrogen-bond acceptors (Lipinski definition) is 5. The maximum atomic E-state index is 9.34. The summed E-state index contributed by atoms with van der Waals surface area (Å²) in [5.74, 6) is 3.10. The lowest BCUT2D eigenvalue weighted by molar-refractivity contribution is 0.352. The fourth-order valence-electron chi connectivity index (χ4n) is 5.45. The highest BCUT2D eigenvalue weighted by Gasteiger charge is 2.67. The number of fused-ring (bicyclic) bond motifs is 3. The van der Waals surface area contributed by atoms with Gasteiger partial charge in [0.05, 0.1) is 36.0 Å². The zero-order chi connectivity index (χ0) is 21.2. The second-order valence-electron chi connectivity index (χ2n) is 9.31. The molecule has 158 valence electrons. The van der Waals surface area contributed by atoms with Crippen molar-refractivity contribution in [1.29, 1.82) is 5.26 Å². The molecule has 3 aromatic heterocycles. The second-order valence-corrected chi connectivity index (χ2v) is 9.31. The van der Waals surface area contributed by atoms with E-state index in [-0.39, 0.29) is 6.04 Å². The van der Waals surface area contributed by atoms with Gasteiger partial charge in [-0.2, -0.15) is 10.4 Å². The minimum Gasteiger partial charge on any atom is -0.312 e. The van der Waals surface area contributed by atoms with E-state index in [2.05, 4.69) is 45.9 Å². The smallest absolute Gasteiger partial charge is 0.149 e. The summed E-state index contributed by atoms with van der Waals surface area (Å²) in [7, 11) is 0. The molecule has 0 amide bonds. The van der Waals surface area contributed by atoms with Gasteiger partial charge in [-0.15, -0.1) is 0 Å². The molecule has 1 aromatic carbocycles. The average Bonchev–Trinajstić information content (AvgIpc) is 3.59. The summed E-state index contributed by atoms with van der Waals surface area (Å²) in [6.45, 7) is 1.94. The first kappa shape index (κ1) is 18.1. The first-order chi connectivity index (χ1) is 15.8. The van der Waals surface area contributed by atoms with Gasteiger partial charge >= 0.3 is 0 Å². The Morgan fingerprint density at radius 1 is 1.19 bits per heavy atom. The molecule has 4 heterocycles. The zero-order valence-electron chi connectivity index (χ0n) is 17.6. The Labute approximate surface area is 185 Å². The van der Waals surface area contributed by atoms with Crippen LogP contribution in [-0.4, -0.2) is 30.7 Å². The zero-order valence-corrected chi connectivity index (χ0v) is 17.6. The van der Waals surface area contributed by atoms with Crippen molar-refractivity contribution in [1.82, 2.24) is 29.5 Å². The van der Waals surface area contributed by atoms with Crippen LogP contribution in [0, 0.1) is 29.1 Å². The largest absolute Gasteiger partial charge is 0.312 e. The van der Waals surface area contributed by atoms with Gasteiger partial charge in [-0.1, -0.05) is 12.1 Å². The molecule has 2 fully saturated rings. The van der Waals surface area contributed by atoms with Crippen LogP contribution in [0.3, 0.4) is 0 Å². The van der Waals surface area contributed by atoms with E-state index in [0.29, 0.717) is 12.3 Å². The number of hydrogen-bond donors (Lipinski definition) is 1. The molecule has 3 aliphatic rings. The van der Waals surface area contributed by atoms with Gasteiger partial charge in [0.1, 0.15) is 11.5 Å². The Balaban J connectivity index is 1.30. The molecule has 0 saturated heterocycles. The maximum Gasteiger partial charge on any atom is 0.149 e. The average molecular weight is 422 g/mol. The molecule has 1 aliphatic heterocycles. The van der Waals surface area contributed by atoms with Crippen molar-refractivity contribution in [2.45, 2.75) is 31.8 Å². The lowest BCUT2D eigenvalue weighted by Crippen LogP contribution is -2.23. The normalized spacial score (nSPS) is 23.9. The van der Waals surface area contributed by atoms with Crippen molar-refractivity contribution >= 4 is 5.65 Å². The van der Waals surface area contributed by atoms with Crippen LogP contribution in [0.4, 0.5) is 0 Å². The molecular formula is C25H23N7. The van der Waals surface area contributed by atoms with Crippen LogP contribution in [0.15, 0.2) is 49.1 Å². The van der Waals surface area contributed by atoms with E-state index in [1.165, 1.54) is 17.5 Å². The van der Waals surface area contributed by atoms with Gasteiger partial charge in [-0.05, 0) is 54.3 Å². The molecule has 2 saturated carbocycles. The summed E-state index contributed by atoms with van der Waals surface area (Å²) in [5.41, 5.74) is 6.62. The van der Waals surface area contributed by atoms with E-state index in [1.54, 1.807) is 0 Å². The van der Waals surface area contributed by atoms with Crippen LogP contribution in [-0.2, 0) is 13.0 Å². The fourth-order valence-corrected chi connectivity index (χ4v) is 5.45. The van der Waals surface area contributed by atoms with Gasteiger partial charge in [-0.3, -0.25) is 9.08 Å². The van der Waals surface area contributed by atoms with Gasteiger partial charge < -0.3 is 5.32 Å². The maximum absolute atomic E-state index is 9.34. The lowest BCUT2D eigenvalue weighted by Gasteiger charge is -2.18. The van der Waals surface area contributed by atoms with Gasteiger partial charge in [0.15, 0.2) is 0 Å². The molecule has 3 unspecified atom stereocenters. The fraction of sp³-hybridized carbons (Fsp3) is 0.360. The third-order valence-corrected chi connectivity index (χ3v) is 7.46. The number of nitrogens with one attached hydrogen (secondary N) is 1. The van der Waals surface area contributed by atoms with E-state index in [0.717, 1.165) is 59.6 Å². The summed E-state index contributed by atoms with van der Waals surface area (Å²) in [6.07, 6.45) is 10.6. The highest BCUT2D eigenvalue weighted by Crippen LogP contribution is 2.72. The summed E-state index contributed by atoms with van der Waals surface area (Å²) in [5, 5.41) is 17.4. The minimum absolute atomic E-state index is 0.174. The molecule has 1 N–H and O–H groups in total. The third-order valence-electron chi connectivity index (χ3n) is 7.46. The summed E-state index contributed by atoms with van der Waals surface area (Å²) < 4.78 is 4.01. The predicted molar refractivity (Wildman–Crippen MR) is 119 cm³/mol. The van der Waals surface area contributed by atoms with Gasteiger partial charge in [0.25, 0.3) is 0 Å². The molecule has 3 atom stereocenters. The standard InChI is InChI=1S/C25H23N7/c26-5-3-22(24-19-10-20(19)24)32-14-18(13-29-32)25-30-21(11-23-28-7-8-31(23)25)16-1-2-17-12-27-6-4-15(17)9-16/h1-2,7-9,11,13-14,19-20,22,24,27H,3-4,6,10,12H2. The summed E-state index contributed by atoms with van der Waals surface area (Å²) >= 11 is 0. The molecule has 32 heavy (non-hydrogen) atoms. The SMILES string of the molecule is N#CCC(C1C2CC21)n1cc(-c2nc(-c3ccc4c(c3)CCNC4)cc3nccn23)cn1. The molecule has 7 heteroatoms. The van der Waals surface area contributed by atoms with E-state index in [4.69, 9.17) is 4.98 Å². The Hall–Kier alpha value is -3.50. The molecule has 0 radical (unpaired) electrons. The summed E-state index contributed by atoms with van der Waals surface area (Å²) in [4.78, 5) is 9.60. The van der Waals surface area contributed by atoms with Crippen molar-refractivity contribution in [2.24, 2.45) is 17.8 Å². The third kappa shape index (κ3) is 2.80. The summed E-state index contributed by atoms with van der Waals surface area (Å²) in [6, 6.07) is 11.2. The van der Waals surface area contributed by atoms with Crippen molar-refractivity contribution in [3.63, 3.8) is 0 Å². The molecule has 0 spiro atoms. The van der Waals surface area contributed by atoms with Crippen molar-refractivity contribution < 1.29 is 0 Å². The van der Waals surface area contributed by atoms with Gasteiger partial charge in [0.2, 0.25) is 0 Å². The number of nitriles is 1. The number of aromatic nitrogens is 5. The molecule has 7 nitrogen and oxygen atoms in total. The van der Waals surface area contributed by atoms with Crippen LogP contribution in [0.2, 0.25) is 0 Å². The topological polar surface area (TPSA) is 83.8 Å². The van der Waals surface area contributed by atoms with Crippen LogP contribution < -0.4 is 5.32 Å². The van der Waals surface area contributed by atoms with Crippen LogP contribution >= 0.6 is 0 Å². The first-order valence-electron chi connectivity index (χ1n) is 11.4. The number of imidazole rings is 1. The molecule has 7 rings (SSSR count). The van der Waals surface area contributed by atoms with E-state index in [9.17, 15) is 5.26 Å². The van der Waals surface area contributed by atoms with E-state index < -0.39 is 0 Å². The number of rotatable bonds is 5. The Morgan fingerprint density at radius 3 is 2.97 bits per heavy atom. The van der Waals surface area contributed by atoms with Gasteiger partial charge in [-0.25, -0.2) is 9.97 Å². The Morgan fingerprint density at radius 2 is 2.12 bits per heavy atom. The predicted octanol–water partition coefficient (Wildman–Crippen LogP) is 3.63. The van der Waals surface area contributed by atoms with Crippen molar-refractivity contribution in [3.05, 3.63) is 60.2 Å². The van der Waals surface area contributed by atoms with Gasteiger partial charge in [0, 0.05) is 36.8 Å². The van der Waals surface area contributed by atoms with E-state index in [1.807, 2.05) is 33.7 Å². The van der Waals surface area contributed by atoms with Crippen molar-refractivity contribution in [3.8, 4) is 28.7 Å².